The average molecular weight is 361 g/mol. The Balaban J connectivity index is 1.83. The van der Waals surface area contributed by atoms with Crippen molar-refractivity contribution in [1.29, 1.82) is 0 Å². The number of likely N-dealkylation sites (tertiary alicyclic amines) is 1. The number of nitrogens with one attached hydrogen (secondary N) is 1. The minimum Gasteiger partial charge on any atom is -0.370 e. The molecule has 5 nitrogen and oxygen atoms in total. The molecule has 1 heterocycles. The van der Waals surface area contributed by atoms with Crippen LogP contribution >= 0.6 is 0 Å². The fourth-order valence-electron chi connectivity index (χ4n) is 3.78. The fraction of sp³-hybridized carbons (Fsp3) is 0.667. The number of likely N-dealkylation sites (N-methyl/N-ethyl adjacent to an activating group) is 3. The van der Waals surface area contributed by atoms with E-state index in [1.807, 2.05) is 0 Å². The van der Waals surface area contributed by atoms with Gasteiger partial charge in [0.05, 0.1) is 5.92 Å². The molecule has 1 aromatic carbocycles. The molecule has 1 aliphatic heterocycles. The number of amides is 1. The summed E-state index contributed by atoms with van der Waals surface area (Å²) in [6.45, 7) is 8.64. The van der Waals surface area contributed by atoms with Crippen molar-refractivity contribution in [1.82, 2.24) is 15.1 Å². The predicted molar refractivity (Wildman–Crippen MR) is 110 cm³/mol. The molecule has 1 fully saturated rings. The van der Waals surface area contributed by atoms with E-state index < -0.39 is 0 Å². The van der Waals surface area contributed by atoms with Crippen LogP contribution in [0.4, 0.5) is 5.69 Å². The maximum absolute atomic E-state index is 12.7. The highest BCUT2D eigenvalue weighted by Crippen LogP contribution is 2.19. The Kier molecular flexibility index (Phi) is 7.91. The molecule has 0 spiro atoms. The molecule has 1 N–H and O–H groups in total. The smallest absolute Gasteiger partial charge is 0.224 e. The number of carbonyl (C=O) groups excluding carboxylic acids is 1. The molecule has 2 atom stereocenters. The van der Waals surface area contributed by atoms with Gasteiger partial charge in [0.2, 0.25) is 5.91 Å². The van der Waals surface area contributed by atoms with Gasteiger partial charge in [-0.3, -0.25) is 4.79 Å². The zero-order valence-electron chi connectivity index (χ0n) is 17.2. The molecule has 0 aromatic heterocycles. The highest BCUT2D eigenvalue weighted by molar-refractivity contribution is 5.79. The SMILES string of the molecule is CCN(CCNC(=O)[C@@H]1CC[C@H](N(C)C)CN(C)C1)c1cccc(C)c1. The molecule has 26 heavy (non-hydrogen) atoms. The van der Waals surface area contributed by atoms with Gasteiger partial charge >= 0.3 is 0 Å². The third kappa shape index (κ3) is 5.99. The lowest BCUT2D eigenvalue weighted by Gasteiger charge is -2.26. The highest BCUT2D eigenvalue weighted by Gasteiger charge is 2.27. The zero-order valence-corrected chi connectivity index (χ0v) is 17.2. The summed E-state index contributed by atoms with van der Waals surface area (Å²) in [5.41, 5.74) is 2.49. The standard InChI is InChI=1S/C21H36N4O/c1-6-25(19-9-7-8-17(2)14-19)13-12-22-21(26)18-10-11-20(23(3)4)16-24(5)15-18/h7-9,14,18,20H,6,10-13,15-16H2,1-5H3,(H,22,26)/t18-,20+/m1/s1. The first-order valence-corrected chi connectivity index (χ1v) is 9.85. The van der Waals surface area contributed by atoms with Gasteiger partial charge in [0.1, 0.15) is 0 Å². The summed E-state index contributed by atoms with van der Waals surface area (Å²) >= 11 is 0. The van der Waals surface area contributed by atoms with Crippen LogP contribution in [0.5, 0.6) is 0 Å². The molecule has 2 rings (SSSR count). The van der Waals surface area contributed by atoms with E-state index in [1.54, 1.807) is 0 Å². The quantitative estimate of drug-likeness (QED) is 0.809. The number of hydrogen-bond acceptors (Lipinski definition) is 4. The molecule has 1 amide bonds. The van der Waals surface area contributed by atoms with E-state index in [-0.39, 0.29) is 11.8 Å². The maximum Gasteiger partial charge on any atom is 0.224 e. The summed E-state index contributed by atoms with van der Waals surface area (Å²) in [4.78, 5) is 19.6. The number of anilines is 1. The molecule has 146 valence electrons. The van der Waals surface area contributed by atoms with E-state index in [2.05, 4.69) is 79.3 Å². The van der Waals surface area contributed by atoms with Crippen LogP contribution < -0.4 is 10.2 Å². The summed E-state index contributed by atoms with van der Waals surface area (Å²) in [5.74, 6) is 0.301. The number of rotatable bonds is 7. The van der Waals surface area contributed by atoms with Crippen molar-refractivity contribution in [3.8, 4) is 0 Å². The Morgan fingerprint density at radius 1 is 1.27 bits per heavy atom. The van der Waals surface area contributed by atoms with E-state index in [1.165, 1.54) is 11.3 Å². The predicted octanol–water partition coefficient (Wildman–Crippen LogP) is 2.21. The van der Waals surface area contributed by atoms with Gasteiger partial charge in [-0.15, -0.1) is 0 Å². The summed E-state index contributed by atoms with van der Waals surface area (Å²) in [7, 11) is 6.38. The Labute approximate surface area is 159 Å². The van der Waals surface area contributed by atoms with Gasteiger partial charge in [-0.25, -0.2) is 0 Å². The van der Waals surface area contributed by atoms with Gasteiger partial charge in [0, 0.05) is 44.5 Å². The van der Waals surface area contributed by atoms with E-state index in [0.29, 0.717) is 12.6 Å². The molecular weight excluding hydrogens is 324 g/mol. The van der Waals surface area contributed by atoms with E-state index >= 15 is 0 Å². The van der Waals surface area contributed by atoms with E-state index in [0.717, 1.165) is 39.0 Å². The molecular formula is C21H36N4O. The first-order valence-electron chi connectivity index (χ1n) is 9.85. The van der Waals surface area contributed by atoms with Crippen molar-refractivity contribution in [2.45, 2.75) is 32.7 Å². The van der Waals surface area contributed by atoms with Crippen molar-refractivity contribution >= 4 is 11.6 Å². The first kappa shape index (κ1) is 20.7. The van der Waals surface area contributed by atoms with E-state index in [4.69, 9.17) is 0 Å². The Hall–Kier alpha value is -1.59. The maximum atomic E-state index is 12.7. The highest BCUT2D eigenvalue weighted by atomic mass is 16.1. The van der Waals surface area contributed by atoms with Crippen LogP contribution in [0, 0.1) is 12.8 Å². The third-order valence-electron chi connectivity index (χ3n) is 5.43. The molecule has 1 saturated heterocycles. The lowest BCUT2D eigenvalue weighted by Crippen LogP contribution is -2.41. The van der Waals surface area contributed by atoms with Gasteiger partial charge in [-0.1, -0.05) is 12.1 Å². The molecule has 1 aromatic rings. The number of nitrogens with zero attached hydrogens (tertiary/aromatic N) is 3. The number of hydrogen-bond donors (Lipinski definition) is 1. The van der Waals surface area contributed by atoms with Gasteiger partial charge in [0.25, 0.3) is 0 Å². The fourth-order valence-corrected chi connectivity index (χ4v) is 3.78. The van der Waals surface area contributed by atoms with Crippen LogP contribution in [0.3, 0.4) is 0 Å². The second-order valence-electron chi connectivity index (χ2n) is 7.82. The minimum absolute atomic E-state index is 0.0963. The summed E-state index contributed by atoms with van der Waals surface area (Å²) in [5, 5.41) is 3.17. The van der Waals surface area contributed by atoms with Crippen LogP contribution in [0.25, 0.3) is 0 Å². The van der Waals surface area contributed by atoms with Gasteiger partial charge in [-0.2, -0.15) is 0 Å². The van der Waals surface area contributed by atoms with Crippen molar-refractivity contribution in [3.05, 3.63) is 29.8 Å². The van der Waals surface area contributed by atoms with Crippen LogP contribution in [-0.2, 0) is 4.79 Å². The van der Waals surface area contributed by atoms with Crippen molar-refractivity contribution in [3.63, 3.8) is 0 Å². The van der Waals surface area contributed by atoms with Crippen molar-refractivity contribution in [2.75, 3.05) is 58.8 Å². The molecule has 0 radical (unpaired) electrons. The molecule has 5 heteroatoms. The molecule has 1 aliphatic rings. The normalized spacial score (nSPS) is 21.5. The molecule has 0 saturated carbocycles. The Bertz CT molecular complexity index is 575. The van der Waals surface area contributed by atoms with Gasteiger partial charge < -0.3 is 20.0 Å². The minimum atomic E-state index is 0.0963. The second kappa shape index (κ2) is 9.93. The van der Waals surface area contributed by atoms with Crippen LogP contribution in [0.1, 0.15) is 25.3 Å². The van der Waals surface area contributed by atoms with Crippen LogP contribution in [0.2, 0.25) is 0 Å². The number of benzene rings is 1. The van der Waals surface area contributed by atoms with Crippen LogP contribution in [0.15, 0.2) is 24.3 Å². The number of aryl methyl sites for hydroxylation is 1. The molecule has 0 aliphatic carbocycles. The Morgan fingerprint density at radius 3 is 2.69 bits per heavy atom. The van der Waals surface area contributed by atoms with Gasteiger partial charge in [0.15, 0.2) is 0 Å². The lowest BCUT2D eigenvalue weighted by molar-refractivity contribution is -0.125. The third-order valence-corrected chi connectivity index (χ3v) is 5.43. The van der Waals surface area contributed by atoms with Crippen molar-refractivity contribution < 1.29 is 4.79 Å². The summed E-state index contributed by atoms with van der Waals surface area (Å²) in [6, 6.07) is 9.08. The van der Waals surface area contributed by atoms with E-state index in [9.17, 15) is 4.79 Å². The van der Waals surface area contributed by atoms with Crippen LogP contribution in [-0.4, -0.2) is 75.6 Å². The van der Waals surface area contributed by atoms with Gasteiger partial charge in [-0.05, 0) is 65.5 Å². The molecule has 0 unspecified atom stereocenters. The van der Waals surface area contributed by atoms with Crippen molar-refractivity contribution in [2.24, 2.45) is 5.92 Å². The zero-order chi connectivity index (χ0) is 19.1. The summed E-state index contributed by atoms with van der Waals surface area (Å²) in [6.07, 6.45) is 2.05. The number of carbonyl (C=O) groups is 1. The first-order chi connectivity index (χ1) is 12.4. The Morgan fingerprint density at radius 2 is 2.04 bits per heavy atom. The summed E-state index contributed by atoms with van der Waals surface area (Å²) < 4.78 is 0. The second-order valence-corrected chi connectivity index (χ2v) is 7.82. The largest absolute Gasteiger partial charge is 0.370 e. The monoisotopic (exact) mass is 360 g/mol. The topological polar surface area (TPSA) is 38.8 Å². The molecule has 0 bridgehead atoms. The lowest BCUT2D eigenvalue weighted by atomic mass is 10.0. The average Bonchev–Trinajstić information content (AvgIpc) is 2.80.